The summed E-state index contributed by atoms with van der Waals surface area (Å²) >= 11 is 0. The van der Waals surface area contributed by atoms with Crippen molar-refractivity contribution in [2.45, 2.75) is 130 Å². The molecule has 2 amide bonds. The van der Waals surface area contributed by atoms with Crippen LogP contribution in [-0.2, 0) is 38.0 Å². The van der Waals surface area contributed by atoms with E-state index in [0.717, 1.165) is 13.8 Å². The van der Waals surface area contributed by atoms with Gasteiger partial charge >= 0.3 is 0 Å². The Balaban J connectivity index is 1.91. The first-order valence-electron chi connectivity index (χ1n) is 16.0. The molecule has 0 aliphatic carbocycles. The van der Waals surface area contributed by atoms with Crippen molar-refractivity contribution in [3.63, 3.8) is 0 Å². The van der Waals surface area contributed by atoms with E-state index in [4.69, 9.17) is 28.4 Å². The Bertz CT molecular complexity index is 1090. The van der Waals surface area contributed by atoms with E-state index in [9.17, 15) is 76.0 Å². The fourth-order valence-corrected chi connectivity index (χ4v) is 5.94. The summed E-state index contributed by atoms with van der Waals surface area (Å²) in [6.07, 6.45) is -31.0. The zero-order chi connectivity index (χ0) is 38.3. The first kappa shape index (κ1) is 43.6. The molecule has 23 heteroatoms. The third-order valence-corrected chi connectivity index (χ3v) is 8.67. The standard InChI is InChI=1S/C28H50N2O21/c1-8(36)29-10(3-31)23(16(39)11(38)4-32)49-28-22(45)25(18(41)13(6-34)47-28)51-26-15(30-9(2)37)19(42)24(14(7-35)48-26)50-27-21(44)20(43)17(40)12(5-33)46-27/h10-28,31-35,38-45H,3-7H2,1-2H3,(H,29,36)(H,30,37)/t10-,11+,12+,13+,14+,15+,16-,17-,18-,19+,20-,21+,22+,23-,24+,25-,26-,27-,28-/m0/s1. The maximum atomic E-state index is 12.2. The third-order valence-electron chi connectivity index (χ3n) is 8.67. The van der Waals surface area contributed by atoms with Gasteiger partial charge in [-0.3, -0.25) is 9.59 Å². The molecule has 3 aliphatic heterocycles. The van der Waals surface area contributed by atoms with Gasteiger partial charge in [-0.2, -0.15) is 0 Å². The molecule has 0 bridgehead atoms. The van der Waals surface area contributed by atoms with E-state index in [0.29, 0.717) is 0 Å². The second-order valence-corrected chi connectivity index (χ2v) is 12.4. The average molecular weight is 751 g/mol. The van der Waals surface area contributed by atoms with Crippen LogP contribution in [0.15, 0.2) is 0 Å². The molecule has 3 fully saturated rings. The number of aliphatic hydroxyl groups is 13. The van der Waals surface area contributed by atoms with E-state index in [1.807, 2.05) is 0 Å². The number of hydrogen-bond donors (Lipinski definition) is 15. The van der Waals surface area contributed by atoms with Crippen molar-refractivity contribution >= 4 is 11.8 Å². The highest BCUT2D eigenvalue weighted by molar-refractivity contribution is 5.73. The molecule has 3 rings (SSSR count). The highest BCUT2D eigenvalue weighted by Crippen LogP contribution is 2.33. The smallest absolute Gasteiger partial charge is 0.217 e. The van der Waals surface area contributed by atoms with E-state index in [1.165, 1.54) is 0 Å². The molecular formula is C28H50N2O21. The van der Waals surface area contributed by atoms with Gasteiger partial charge < -0.3 is 105 Å². The van der Waals surface area contributed by atoms with Crippen LogP contribution < -0.4 is 10.6 Å². The quantitative estimate of drug-likeness (QED) is 0.0696. The van der Waals surface area contributed by atoms with E-state index in [-0.39, 0.29) is 0 Å². The van der Waals surface area contributed by atoms with Crippen LogP contribution in [0.3, 0.4) is 0 Å². The summed E-state index contributed by atoms with van der Waals surface area (Å²) in [5.41, 5.74) is 0. The SMILES string of the molecule is CC(=O)N[C@H]1[C@H](O[C@H]2[C@@H](O)[C@@H](CO)O[C@@H](O[C@H]([C@@H](O)[C@H](O)CO)[C@H](CO)NC(C)=O)[C@@H]2O)O[C@H](CO)[C@@H](O[C@@H]2O[C@H](CO)[C@H](O)[C@H](O)[C@H]2O)[C@@H]1O. The summed E-state index contributed by atoms with van der Waals surface area (Å²) < 4.78 is 33.7. The Morgan fingerprint density at radius 2 is 1.18 bits per heavy atom. The number of nitrogens with one attached hydrogen (secondary N) is 2. The molecule has 0 saturated carbocycles. The molecule has 15 N–H and O–H groups in total. The monoisotopic (exact) mass is 750 g/mol. The summed E-state index contributed by atoms with van der Waals surface area (Å²) in [6, 6.07) is -3.12. The minimum Gasteiger partial charge on any atom is -0.394 e. The summed E-state index contributed by atoms with van der Waals surface area (Å²) in [4.78, 5) is 24.0. The first-order valence-corrected chi connectivity index (χ1v) is 16.0. The van der Waals surface area contributed by atoms with Gasteiger partial charge in [-0.25, -0.2) is 0 Å². The number of hydrogen-bond acceptors (Lipinski definition) is 21. The fourth-order valence-electron chi connectivity index (χ4n) is 5.94. The summed E-state index contributed by atoms with van der Waals surface area (Å²) in [5.74, 6) is -1.49. The molecule has 3 heterocycles. The average Bonchev–Trinajstić information content (AvgIpc) is 3.10. The lowest BCUT2D eigenvalue weighted by Gasteiger charge is -2.49. The predicted molar refractivity (Wildman–Crippen MR) is 159 cm³/mol. The van der Waals surface area contributed by atoms with Crippen molar-refractivity contribution in [2.24, 2.45) is 0 Å². The predicted octanol–water partition coefficient (Wildman–Crippen LogP) is -9.83. The lowest BCUT2D eigenvalue weighted by atomic mass is 9.94. The van der Waals surface area contributed by atoms with Crippen LogP contribution in [0.5, 0.6) is 0 Å². The molecule has 0 aromatic heterocycles. The van der Waals surface area contributed by atoms with Crippen LogP contribution >= 0.6 is 0 Å². The van der Waals surface area contributed by atoms with Gasteiger partial charge in [0.25, 0.3) is 0 Å². The van der Waals surface area contributed by atoms with Crippen LogP contribution in [0.1, 0.15) is 13.8 Å². The number of rotatable bonds is 16. The second-order valence-electron chi connectivity index (χ2n) is 12.4. The molecule has 19 atom stereocenters. The molecule has 0 unspecified atom stereocenters. The highest BCUT2D eigenvalue weighted by Gasteiger charge is 2.55. The van der Waals surface area contributed by atoms with Gasteiger partial charge in [0.1, 0.15) is 91.5 Å². The van der Waals surface area contributed by atoms with Gasteiger partial charge in [0.2, 0.25) is 11.8 Å². The fraction of sp³-hybridized carbons (Fsp3) is 0.929. The second kappa shape index (κ2) is 19.5. The lowest BCUT2D eigenvalue weighted by Crippen LogP contribution is -2.69. The Morgan fingerprint density at radius 3 is 1.71 bits per heavy atom. The van der Waals surface area contributed by atoms with Gasteiger partial charge in [0.15, 0.2) is 18.9 Å². The van der Waals surface area contributed by atoms with Crippen LogP contribution in [-0.4, -0.2) is 228 Å². The normalized spacial score (nSPS) is 41.3. The van der Waals surface area contributed by atoms with Crippen molar-refractivity contribution in [1.29, 1.82) is 0 Å². The van der Waals surface area contributed by atoms with Gasteiger partial charge in [-0.1, -0.05) is 0 Å². The Kier molecular flexibility index (Phi) is 16.7. The third kappa shape index (κ3) is 10.2. The highest BCUT2D eigenvalue weighted by atomic mass is 16.8. The van der Waals surface area contributed by atoms with Crippen LogP contribution in [0, 0.1) is 0 Å². The van der Waals surface area contributed by atoms with Gasteiger partial charge in [-0.05, 0) is 0 Å². The van der Waals surface area contributed by atoms with Crippen molar-refractivity contribution in [3.05, 3.63) is 0 Å². The minimum absolute atomic E-state index is 0.715. The lowest BCUT2D eigenvalue weighted by molar-refractivity contribution is -0.371. The van der Waals surface area contributed by atoms with Gasteiger partial charge in [0.05, 0.1) is 39.1 Å². The zero-order valence-electron chi connectivity index (χ0n) is 27.6. The largest absolute Gasteiger partial charge is 0.394 e. The van der Waals surface area contributed by atoms with E-state index in [2.05, 4.69) is 10.6 Å². The maximum Gasteiger partial charge on any atom is 0.217 e. The van der Waals surface area contributed by atoms with Crippen LogP contribution in [0.2, 0.25) is 0 Å². The Labute approximate surface area is 290 Å². The topological polar surface area (TPSA) is 377 Å². The molecule has 51 heavy (non-hydrogen) atoms. The van der Waals surface area contributed by atoms with E-state index in [1.54, 1.807) is 0 Å². The number of carbonyl (C=O) groups is 2. The molecule has 0 spiro atoms. The molecule has 298 valence electrons. The first-order chi connectivity index (χ1) is 24.0. The summed E-state index contributed by atoms with van der Waals surface area (Å²) in [6.45, 7) is -2.48. The Morgan fingerprint density at radius 1 is 0.627 bits per heavy atom. The number of ether oxygens (including phenoxy) is 6. The zero-order valence-corrected chi connectivity index (χ0v) is 27.6. The van der Waals surface area contributed by atoms with Gasteiger partial charge in [-0.15, -0.1) is 0 Å². The van der Waals surface area contributed by atoms with Crippen molar-refractivity contribution in [2.75, 3.05) is 33.0 Å². The maximum absolute atomic E-state index is 12.2. The summed E-state index contributed by atoms with van der Waals surface area (Å²) in [7, 11) is 0. The Hall–Kier alpha value is -1.82. The molecular weight excluding hydrogens is 700 g/mol. The molecule has 3 saturated heterocycles. The van der Waals surface area contributed by atoms with Crippen molar-refractivity contribution < 1.29 is 104 Å². The molecule has 0 aromatic carbocycles. The number of amides is 2. The van der Waals surface area contributed by atoms with Crippen LogP contribution in [0.4, 0.5) is 0 Å². The van der Waals surface area contributed by atoms with Crippen molar-refractivity contribution in [1.82, 2.24) is 10.6 Å². The van der Waals surface area contributed by atoms with E-state index < -0.39 is 161 Å². The number of aliphatic hydroxyl groups excluding tert-OH is 13. The van der Waals surface area contributed by atoms with Gasteiger partial charge in [0, 0.05) is 13.8 Å². The molecule has 0 aromatic rings. The number of carbonyl (C=O) groups excluding carboxylic acids is 2. The van der Waals surface area contributed by atoms with Crippen molar-refractivity contribution in [3.8, 4) is 0 Å². The van der Waals surface area contributed by atoms with E-state index >= 15 is 0 Å². The molecule has 0 radical (unpaired) electrons. The summed E-state index contributed by atoms with van der Waals surface area (Å²) in [5, 5.41) is 139. The molecule has 3 aliphatic rings. The van der Waals surface area contributed by atoms with Crippen LogP contribution in [0.25, 0.3) is 0 Å². The minimum atomic E-state index is -2.10. The molecule has 23 nitrogen and oxygen atoms in total.